The number of aliphatic hydroxyl groups is 1. The monoisotopic (exact) mass is 279 g/mol. The van der Waals surface area contributed by atoms with Crippen molar-refractivity contribution in [2.75, 3.05) is 19.6 Å². The van der Waals surface area contributed by atoms with E-state index in [0.717, 1.165) is 32.5 Å². The lowest BCUT2D eigenvalue weighted by Crippen LogP contribution is -2.45. The molecule has 2 fully saturated rings. The summed E-state index contributed by atoms with van der Waals surface area (Å²) >= 11 is 0. The Balaban J connectivity index is 1.98. The van der Waals surface area contributed by atoms with E-state index in [2.05, 4.69) is 11.8 Å². The quantitative estimate of drug-likeness (QED) is 0.853. The average molecular weight is 279 g/mol. The van der Waals surface area contributed by atoms with Crippen molar-refractivity contribution in [3.05, 3.63) is 0 Å². The van der Waals surface area contributed by atoms with Gasteiger partial charge in [0, 0.05) is 25.4 Å². The first-order valence-corrected chi connectivity index (χ1v) is 6.82. The van der Waals surface area contributed by atoms with Crippen LogP contribution in [0.4, 0.5) is 13.2 Å². The van der Waals surface area contributed by atoms with Gasteiger partial charge in [0.05, 0.1) is 0 Å². The lowest BCUT2D eigenvalue weighted by atomic mass is 9.80. The van der Waals surface area contributed by atoms with Gasteiger partial charge in [-0.05, 0) is 31.2 Å². The van der Waals surface area contributed by atoms with Crippen LogP contribution in [0.2, 0.25) is 0 Å². The van der Waals surface area contributed by atoms with Gasteiger partial charge < -0.3 is 10.0 Å². The third-order valence-electron chi connectivity index (χ3n) is 4.50. The first-order valence-electron chi connectivity index (χ1n) is 6.82. The lowest BCUT2D eigenvalue weighted by Gasteiger charge is -2.37. The summed E-state index contributed by atoms with van der Waals surface area (Å²) in [4.78, 5) is 14.3. The van der Waals surface area contributed by atoms with Gasteiger partial charge in [-0.2, -0.15) is 13.2 Å². The van der Waals surface area contributed by atoms with Crippen LogP contribution in [-0.4, -0.2) is 47.7 Å². The molecule has 1 aliphatic carbocycles. The third-order valence-corrected chi connectivity index (χ3v) is 4.50. The molecule has 0 radical (unpaired) electrons. The predicted molar refractivity (Wildman–Crippen MR) is 63.5 cm³/mol. The second kappa shape index (κ2) is 5.40. The summed E-state index contributed by atoms with van der Waals surface area (Å²) in [7, 11) is 0. The first kappa shape index (κ1) is 14.8. The molecule has 19 heavy (non-hydrogen) atoms. The minimum atomic E-state index is -4.70. The highest BCUT2D eigenvalue weighted by Gasteiger charge is 2.47. The van der Waals surface area contributed by atoms with Gasteiger partial charge in [-0.15, -0.1) is 0 Å². The Labute approximate surface area is 110 Å². The molecule has 6 heteroatoms. The van der Waals surface area contributed by atoms with Crippen molar-refractivity contribution < 1.29 is 23.1 Å². The molecule has 2 aliphatic rings. The van der Waals surface area contributed by atoms with Crippen molar-refractivity contribution in [2.45, 2.75) is 38.5 Å². The van der Waals surface area contributed by atoms with E-state index >= 15 is 0 Å². The van der Waals surface area contributed by atoms with Gasteiger partial charge in [0.15, 0.2) is 6.10 Å². The summed E-state index contributed by atoms with van der Waals surface area (Å²) in [5.74, 6) is -0.342. The van der Waals surface area contributed by atoms with E-state index in [1.807, 2.05) is 0 Å². The predicted octanol–water partition coefficient (Wildman–Crippen LogP) is 1.85. The van der Waals surface area contributed by atoms with Gasteiger partial charge in [-0.3, -0.25) is 4.79 Å². The van der Waals surface area contributed by atoms with Crippen LogP contribution in [0.15, 0.2) is 0 Å². The number of aliphatic hydroxyl groups excluding tert-OH is 1. The zero-order chi connectivity index (χ0) is 14.2. The number of Topliss-reactive ketones (excluding diaryl/α,β-unsaturated/α-hetero) is 1. The van der Waals surface area contributed by atoms with Crippen molar-refractivity contribution in [1.82, 2.24) is 4.90 Å². The fraction of sp³-hybridized carbons (Fsp3) is 0.923. The topological polar surface area (TPSA) is 40.5 Å². The summed E-state index contributed by atoms with van der Waals surface area (Å²) in [6.45, 7) is 4.56. The van der Waals surface area contributed by atoms with Crippen LogP contribution in [0.3, 0.4) is 0 Å². The molecule has 1 aliphatic heterocycles. The smallest absolute Gasteiger partial charge is 0.383 e. The van der Waals surface area contributed by atoms with Gasteiger partial charge >= 0.3 is 6.18 Å². The molecule has 3 nitrogen and oxygen atoms in total. The molecule has 1 N–H and O–H groups in total. The number of rotatable bonds is 4. The van der Waals surface area contributed by atoms with E-state index in [-0.39, 0.29) is 17.8 Å². The molecule has 110 valence electrons. The van der Waals surface area contributed by atoms with Gasteiger partial charge in [-0.1, -0.05) is 6.92 Å². The van der Waals surface area contributed by atoms with Crippen LogP contribution in [0.1, 0.15) is 26.2 Å². The second-order valence-corrected chi connectivity index (χ2v) is 5.70. The summed E-state index contributed by atoms with van der Waals surface area (Å²) in [6.07, 6.45) is -6.16. The largest absolute Gasteiger partial charge is 0.414 e. The SMILES string of the molecule is CCN1CC2CCC(C1)C2C(=O)CC(O)C(F)(F)F. The number of hydrogen-bond acceptors (Lipinski definition) is 3. The van der Waals surface area contributed by atoms with Crippen molar-refractivity contribution in [3.8, 4) is 0 Å². The number of carbonyl (C=O) groups excluding carboxylic acids is 1. The number of carbonyl (C=O) groups is 1. The molecular formula is C13H20F3NO2. The Hall–Kier alpha value is -0.620. The Bertz CT molecular complexity index is 331. The number of nitrogens with zero attached hydrogens (tertiary/aromatic N) is 1. The fourth-order valence-corrected chi connectivity index (χ4v) is 3.55. The van der Waals surface area contributed by atoms with Crippen LogP contribution in [0.5, 0.6) is 0 Å². The summed E-state index contributed by atoms with van der Waals surface area (Å²) in [6, 6.07) is 0. The number of fused-ring (bicyclic) bond motifs is 2. The number of piperidine rings is 1. The summed E-state index contributed by atoms with van der Waals surface area (Å²) in [5.41, 5.74) is 0. The molecular weight excluding hydrogens is 259 g/mol. The van der Waals surface area contributed by atoms with E-state index in [0.29, 0.717) is 0 Å². The average Bonchev–Trinajstić information content (AvgIpc) is 2.59. The molecule has 0 aromatic heterocycles. The summed E-state index contributed by atoms with van der Waals surface area (Å²) in [5, 5.41) is 9.02. The molecule has 0 aromatic rings. The molecule has 1 saturated carbocycles. The highest BCUT2D eigenvalue weighted by Crippen LogP contribution is 2.43. The van der Waals surface area contributed by atoms with Crippen LogP contribution in [0.25, 0.3) is 0 Å². The van der Waals surface area contributed by atoms with E-state index in [9.17, 15) is 18.0 Å². The van der Waals surface area contributed by atoms with E-state index < -0.39 is 24.5 Å². The molecule has 1 saturated heterocycles. The van der Waals surface area contributed by atoms with Crippen molar-refractivity contribution >= 4 is 5.78 Å². The van der Waals surface area contributed by atoms with Crippen molar-refractivity contribution in [1.29, 1.82) is 0 Å². The molecule has 0 spiro atoms. The normalized spacial score (nSPS) is 33.4. The van der Waals surface area contributed by atoms with Crippen molar-refractivity contribution in [2.24, 2.45) is 17.8 Å². The fourth-order valence-electron chi connectivity index (χ4n) is 3.55. The van der Waals surface area contributed by atoms with Crippen LogP contribution in [-0.2, 0) is 4.79 Å². The van der Waals surface area contributed by atoms with Gasteiger partial charge in [0.1, 0.15) is 5.78 Å². The van der Waals surface area contributed by atoms with E-state index in [1.54, 1.807) is 0 Å². The number of halogens is 3. The maximum absolute atomic E-state index is 12.3. The Morgan fingerprint density at radius 3 is 2.26 bits per heavy atom. The Morgan fingerprint density at radius 2 is 1.84 bits per heavy atom. The zero-order valence-corrected chi connectivity index (χ0v) is 11.0. The Morgan fingerprint density at radius 1 is 1.32 bits per heavy atom. The third kappa shape index (κ3) is 3.11. The summed E-state index contributed by atoms with van der Waals surface area (Å²) < 4.78 is 36.9. The number of hydrogen-bond donors (Lipinski definition) is 1. The van der Waals surface area contributed by atoms with Crippen LogP contribution >= 0.6 is 0 Å². The highest BCUT2D eigenvalue weighted by atomic mass is 19.4. The zero-order valence-electron chi connectivity index (χ0n) is 11.0. The molecule has 3 unspecified atom stereocenters. The maximum atomic E-state index is 12.3. The highest BCUT2D eigenvalue weighted by molar-refractivity contribution is 5.82. The number of alkyl halides is 3. The molecule has 0 amide bonds. The number of ketones is 1. The van der Waals surface area contributed by atoms with Gasteiger partial charge in [0.2, 0.25) is 0 Å². The van der Waals surface area contributed by atoms with Crippen LogP contribution < -0.4 is 0 Å². The second-order valence-electron chi connectivity index (χ2n) is 5.70. The Kier molecular flexibility index (Phi) is 4.20. The van der Waals surface area contributed by atoms with E-state index in [4.69, 9.17) is 5.11 Å². The van der Waals surface area contributed by atoms with Gasteiger partial charge in [-0.25, -0.2) is 0 Å². The lowest BCUT2D eigenvalue weighted by molar-refractivity contribution is -0.206. The maximum Gasteiger partial charge on any atom is 0.414 e. The molecule has 2 bridgehead atoms. The molecule has 1 heterocycles. The van der Waals surface area contributed by atoms with Gasteiger partial charge in [0.25, 0.3) is 0 Å². The molecule has 0 aromatic carbocycles. The standard InChI is InChI=1S/C13H20F3NO2/c1-2-17-6-8-3-4-9(7-17)12(8)10(18)5-11(19)13(14,15)16/h8-9,11-12,19H,2-7H2,1H3. The van der Waals surface area contributed by atoms with Crippen LogP contribution in [0, 0.1) is 17.8 Å². The minimum absolute atomic E-state index is 0.173. The molecule has 3 atom stereocenters. The number of likely N-dealkylation sites (tertiary alicyclic amines) is 1. The van der Waals surface area contributed by atoms with Crippen molar-refractivity contribution in [3.63, 3.8) is 0 Å². The first-order chi connectivity index (χ1) is 8.82. The van der Waals surface area contributed by atoms with E-state index in [1.165, 1.54) is 0 Å². The molecule has 2 rings (SSSR count). The minimum Gasteiger partial charge on any atom is -0.383 e.